The number of ether oxygens (including phenoxy) is 1. The van der Waals surface area contributed by atoms with Crippen molar-refractivity contribution in [2.75, 3.05) is 0 Å². The zero-order valence-corrected chi connectivity index (χ0v) is 13.1. The molecule has 2 rings (SSSR count). The maximum Gasteiger partial charge on any atom is 0.223 e. The maximum absolute atomic E-state index is 5.91. The number of halogens is 2. The fourth-order valence-corrected chi connectivity index (χ4v) is 2.27. The Kier molecular flexibility index (Phi) is 4.77. The fraction of sp³-hybridized carbons (Fsp3) is 0.286. The van der Waals surface area contributed by atoms with Gasteiger partial charge in [-0.2, -0.15) is 0 Å². The minimum absolute atomic E-state index is 0.350. The van der Waals surface area contributed by atoms with E-state index in [-0.39, 0.29) is 0 Å². The summed E-state index contributed by atoms with van der Waals surface area (Å²) >= 11 is 9.28. The van der Waals surface area contributed by atoms with Crippen molar-refractivity contribution in [2.24, 2.45) is 0 Å². The SMILES string of the molecule is CCc1nc(C)ccc1Oc1ncc(Br)cc1CCl. The number of nitrogens with zero attached hydrogens (tertiary/aromatic N) is 2. The Balaban J connectivity index is 2.36. The second kappa shape index (κ2) is 6.35. The van der Waals surface area contributed by atoms with Crippen LogP contribution in [0.5, 0.6) is 11.6 Å². The number of aryl methyl sites for hydroxylation is 2. The Morgan fingerprint density at radius 2 is 2.16 bits per heavy atom. The summed E-state index contributed by atoms with van der Waals surface area (Å²) in [5.74, 6) is 1.61. The number of alkyl halides is 1. The van der Waals surface area contributed by atoms with Gasteiger partial charge in [0.05, 0.1) is 11.6 Å². The van der Waals surface area contributed by atoms with E-state index in [1.165, 1.54) is 0 Å². The van der Waals surface area contributed by atoms with Crippen LogP contribution in [0, 0.1) is 6.92 Å². The van der Waals surface area contributed by atoms with Crippen molar-refractivity contribution in [1.29, 1.82) is 0 Å². The van der Waals surface area contributed by atoms with E-state index in [2.05, 4.69) is 25.9 Å². The first-order valence-corrected chi connectivity index (χ1v) is 7.31. The van der Waals surface area contributed by atoms with Gasteiger partial charge in [0.25, 0.3) is 0 Å². The van der Waals surface area contributed by atoms with E-state index in [1.54, 1.807) is 6.20 Å². The summed E-state index contributed by atoms with van der Waals surface area (Å²) in [5, 5.41) is 0. The summed E-state index contributed by atoms with van der Waals surface area (Å²) in [6, 6.07) is 5.75. The monoisotopic (exact) mass is 340 g/mol. The standard InChI is InChI=1S/C14H14BrClN2O/c1-3-12-13(5-4-9(2)18-12)19-14-10(7-16)6-11(15)8-17-14/h4-6,8H,3,7H2,1-2H3. The molecule has 0 aliphatic rings. The largest absolute Gasteiger partial charge is 0.437 e. The average molecular weight is 342 g/mol. The summed E-state index contributed by atoms with van der Waals surface area (Å²) in [5.41, 5.74) is 2.74. The normalized spacial score (nSPS) is 10.5. The van der Waals surface area contributed by atoms with Crippen molar-refractivity contribution in [3.63, 3.8) is 0 Å². The molecule has 0 atom stereocenters. The van der Waals surface area contributed by atoms with E-state index in [0.717, 1.165) is 33.6 Å². The van der Waals surface area contributed by atoms with E-state index in [1.807, 2.05) is 32.0 Å². The van der Waals surface area contributed by atoms with Gasteiger partial charge >= 0.3 is 0 Å². The van der Waals surface area contributed by atoms with Crippen molar-refractivity contribution >= 4 is 27.5 Å². The first kappa shape index (κ1) is 14.3. The van der Waals surface area contributed by atoms with Crippen LogP contribution in [0.25, 0.3) is 0 Å². The molecule has 2 heterocycles. The van der Waals surface area contributed by atoms with Crippen LogP contribution in [0.2, 0.25) is 0 Å². The molecule has 19 heavy (non-hydrogen) atoms. The van der Waals surface area contributed by atoms with Gasteiger partial charge in [-0.15, -0.1) is 11.6 Å². The minimum atomic E-state index is 0.350. The van der Waals surface area contributed by atoms with E-state index in [0.29, 0.717) is 11.8 Å². The molecule has 5 heteroatoms. The highest BCUT2D eigenvalue weighted by Gasteiger charge is 2.10. The second-order valence-corrected chi connectivity index (χ2v) is 5.29. The average Bonchev–Trinajstić information content (AvgIpc) is 2.42. The molecule has 0 amide bonds. The summed E-state index contributed by atoms with van der Waals surface area (Å²) < 4.78 is 6.74. The lowest BCUT2D eigenvalue weighted by atomic mass is 10.2. The molecule has 0 aliphatic carbocycles. The number of hydrogen-bond acceptors (Lipinski definition) is 3. The number of pyridine rings is 2. The summed E-state index contributed by atoms with van der Waals surface area (Å²) in [6.07, 6.45) is 2.50. The first-order chi connectivity index (χ1) is 9.13. The zero-order chi connectivity index (χ0) is 13.8. The molecule has 0 unspecified atom stereocenters. The van der Waals surface area contributed by atoms with Gasteiger partial charge in [-0.25, -0.2) is 4.98 Å². The Bertz CT molecular complexity index is 538. The second-order valence-electron chi connectivity index (χ2n) is 4.10. The first-order valence-electron chi connectivity index (χ1n) is 5.98. The van der Waals surface area contributed by atoms with Crippen molar-refractivity contribution in [1.82, 2.24) is 9.97 Å². The van der Waals surface area contributed by atoms with E-state index in [9.17, 15) is 0 Å². The van der Waals surface area contributed by atoms with Crippen molar-refractivity contribution in [2.45, 2.75) is 26.1 Å². The number of hydrogen-bond donors (Lipinski definition) is 0. The molecule has 0 saturated heterocycles. The van der Waals surface area contributed by atoms with Gasteiger partial charge in [0.2, 0.25) is 5.88 Å². The lowest BCUT2D eigenvalue weighted by Gasteiger charge is -2.11. The lowest BCUT2D eigenvalue weighted by molar-refractivity contribution is 0.449. The lowest BCUT2D eigenvalue weighted by Crippen LogP contribution is -1.99. The molecule has 0 saturated carbocycles. The van der Waals surface area contributed by atoms with Gasteiger partial charge in [0, 0.05) is 21.9 Å². The molecule has 0 radical (unpaired) electrons. The van der Waals surface area contributed by atoms with Gasteiger partial charge < -0.3 is 4.74 Å². The molecule has 0 spiro atoms. The van der Waals surface area contributed by atoms with Gasteiger partial charge in [0.1, 0.15) is 0 Å². The third-order valence-corrected chi connectivity index (χ3v) is 3.37. The highest BCUT2D eigenvalue weighted by molar-refractivity contribution is 9.10. The third-order valence-electron chi connectivity index (χ3n) is 2.65. The predicted molar refractivity (Wildman–Crippen MR) is 79.9 cm³/mol. The fourth-order valence-electron chi connectivity index (χ4n) is 1.70. The molecule has 0 N–H and O–H groups in total. The molecular weight excluding hydrogens is 328 g/mol. The third kappa shape index (κ3) is 3.45. The van der Waals surface area contributed by atoms with E-state index >= 15 is 0 Å². The smallest absolute Gasteiger partial charge is 0.223 e. The molecule has 0 aliphatic heterocycles. The topological polar surface area (TPSA) is 35.0 Å². The molecule has 0 fully saturated rings. The zero-order valence-electron chi connectivity index (χ0n) is 10.8. The van der Waals surface area contributed by atoms with E-state index < -0.39 is 0 Å². The van der Waals surface area contributed by atoms with Gasteiger partial charge in [-0.05, 0) is 47.5 Å². The van der Waals surface area contributed by atoms with Crippen LogP contribution in [0.4, 0.5) is 0 Å². The molecule has 100 valence electrons. The Hall–Kier alpha value is -1.13. The Morgan fingerprint density at radius 1 is 1.37 bits per heavy atom. The van der Waals surface area contributed by atoms with Crippen LogP contribution in [0.3, 0.4) is 0 Å². The molecule has 0 bridgehead atoms. The van der Waals surface area contributed by atoms with Crippen molar-refractivity contribution < 1.29 is 4.74 Å². The van der Waals surface area contributed by atoms with Crippen LogP contribution in [-0.4, -0.2) is 9.97 Å². The van der Waals surface area contributed by atoms with Gasteiger partial charge in [-0.3, -0.25) is 4.98 Å². The molecule has 3 nitrogen and oxygen atoms in total. The molecule has 0 aromatic carbocycles. The van der Waals surface area contributed by atoms with Crippen LogP contribution in [0.1, 0.15) is 23.9 Å². The summed E-state index contributed by atoms with van der Waals surface area (Å²) in [7, 11) is 0. The number of aromatic nitrogens is 2. The highest BCUT2D eigenvalue weighted by atomic mass is 79.9. The van der Waals surface area contributed by atoms with Crippen LogP contribution in [-0.2, 0) is 12.3 Å². The van der Waals surface area contributed by atoms with Crippen molar-refractivity contribution in [3.8, 4) is 11.6 Å². The quantitative estimate of drug-likeness (QED) is 0.760. The molecular formula is C14H14BrClN2O. The minimum Gasteiger partial charge on any atom is -0.437 e. The van der Waals surface area contributed by atoms with E-state index in [4.69, 9.17) is 16.3 Å². The Labute approximate surface area is 126 Å². The highest BCUT2D eigenvalue weighted by Crippen LogP contribution is 2.28. The summed E-state index contributed by atoms with van der Waals surface area (Å²) in [6.45, 7) is 4.01. The molecule has 2 aromatic heterocycles. The predicted octanol–water partition coefficient (Wildman–Crippen LogP) is 4.64. The number of rotatable bonds is 4. The van der Waals surface area contributed by atoms with Gasteiger partial charge in [-0.1, -0.05) is 6.92 Å². The van der Waals surface area contributed by atoms with Crippen molar-refractivity contribution in [3.05, 3.63) is 45.8 Å². The van der Waals surface area contributed by atoms with Crippen LogP contribution >= 0.6 is 27.5 Å². The molecule has 2 aromatic rings. The van der Waals surface area contributed by atoms with Crippen LogP contribution < -0.4 is 4.74 Å². The Morgan fingerprint density at radius 3 is 2.84 bits per heavy atom. The van der Waals surface area contributed by atoms with Crippen LogP contribution in [0.15, 0.2) is 28.9 Å². The van der Waals surface area contributed by atoms with Gasteiger partial charge in [0.15, 0.2) is 5.75 Å². The maximum atomic E-state index is 5.91. The summed E-state index contributed by atoms with van der Waals surface area (Å²) in [4.78, 5) is 8.73.